The van der Waals surface area contributed by atoms with Crippen molar-refractivity contribution in [2.75, 3.05) is 26.0 Å². The minimum absolute atomic E-state index is 0.447. The van der Waals surface area contributed by atoms with Crippen LogP contribution in [0.1, 0.15) is 25.3 Å². The van der Waals surface area contributed by atoms with Gasteiger partial charge in [0, 0.05) is 21.1 Å². The maximum Gasteiger partial charge on any atom is 0.412 e. The molecule has 1 aromatic carbocycles. The molecule has 1 rings (SSSR count). The Balaban J connectivity index is 3.08. The highest BCUT2D eigenvalue weighted by Crippen LogP contribution is 2.30. The maximum absolute atomic E-state index is 11.2. The van der Waals surface area contributed by atoms with E-state index < -0.39 is 6.09 Å². The van der Waals surface area contributed by atoms with Crippen LogP contribution in [0.5, 0.6) is 5.75 Å². The van der Waals surface area contributed by atoms with Crippen LogP contribution in [0.15, 0.2) is 18.2 Å². The normalized spacial score (nSPS) is 10.2. The molecule has 1 N–H and O–H groups in total. The second kappa shape index (κ2) is 5.57. The third kappa shape index (κ3) is 3.37. The third-order valence-corrected chi connectivity index (χ3v) is 2.54. The molecule has 4 heteroatoms. The standard InChI is InChI=1S/C13H20N2O2/c1-9(2)10-6-7-12(17-13(16)14-3)11(8-10)15(4)5/h6-9H,1-5H3,(H,14,16). The number of nitrogens with zero attached hydrogens (tertiary/aromatic N) is 1. The number of rotatable bonds is 3. The molecule has 0 bridgehead atoms. The molecule has 0 spiro atoms. The largest absolute Gasteiger partial charge is 0.412 e. The molecule has 0 fully saturated rings. The molecule has 0 saturated carbocycles. The van der Waals surface area contributed by atoms with E-state index in [4.69, 9.17) is 4.74 Å². The number of anilines is 1. The molecule has 17 heavy (non-hydrogen) atoms. The second-order valence-electron chi connectivity index (χ2n) is 4.42. The molecule has 0 heterocycles. The lowest BCUT2D eigenvalue weighted by Gasteiger charge is -2.19. The summed E-state index contributed by atoms with van der Waals surface area (Å²) >= 11 is 0. The topological polar surface area (TPSA) is 41.6 Å². The molecule has 0 aromatic heterocycles. The van der Waals surface area contributed by atoms with Crippen LogP contribution in [0, 0.1) is 0 Å². The summed E-state index contributed by atoms with van der Waals surface area (Å²) in [6, 6.07) is 5.86. The van der Waals surface area contributed by atoms with Crippen LogP contribution in [0.2, 0.25) is 0 Å². The smallest absolute Gasteiger partial charge is 0.408 e. The van der Waals surface area contributed by atoms with Crippen LogP contribution < -0.4 is 15.0 Å². The molecular formula is C13H20N2O2. The van der Waals surface area contributed by atoms with E-state index in [2.05, 4.69) is 19.2 Å². The first kappa shape index (κ1) is 13.4. The van der Waals surface area contributed by atoms with Gasteiger partial charge in [-0.2, -0.15) is 0 Å². The minimum atomic E-state index is -0.453. The van der Waals surface area contributed by atoms with Gasteiger partial charge in [0.05, 0.1) is 5.69 Å². The van der Waals surface area contributed by atoms with Crippen LogP contribution in [0.4, 0.5) is 10.5 Å². The van der Waals surface area contributed by atoms with Gasteiger partial charge in [0.1, 0.15) is 0 Å². The quantitative estimate of drug-likeness (QED) is 0.877. The first-order valence-electron chi connectivity index (χ1n) is 5.66. The van der Waals surface area contributed by atoms with E-state index in [9.17, 15) is 4.79 Å². The lowest BCUT2D eigenvalue weighted by atomic mass is 10.0. The highest BCUT2D eigenvalue weighted by molar-refractivity contribution is 5.73. The number of nitrogens with one attached hydrogen (secondary N) is 1. The van der Waals surface area contributed by atoms with E-state index in [-0.39, 0.29) is 0 Å². The lowest BCUT2D eigenvalue weighted by molar-refractivity contribution is 0.203. The van der Waals surface area contributed by atoms with Crippen molar-refractivity contribution in [2.45, 2.75) is 19.8 Å². The Morgan fingerprint density at radius 3 is 2.47 bits per heavy atom. The second-order valence-corrected chi connectivity index (χ2v) is 4.42. The Morgan fingerprint density at radius 1 is 1.35 bits per heavy atom. The van der Waals surface area contributed by atoms with Gasteiger partial charge in [-0.05, 0) is 23.6 Å². The molecule has 0 aliphatic heterocycles. The van der Waals surface area contributed by atoms with Gasteiger partial charge in [0.25, 0.3) is 0 Å². The molecule has 1 aromatic rings. The number of hydrogen-bond donors (Lipinski definition) is 1. The Morgan fingerprint density at radius 2 is 2.00 bits per heavy atom. The van der Waals surface area contributed by atoms with Gasteiger partial charge in [0.2, 0.25) is 0 Å². The SMILES string of the molecule is CNC(=O)Oc1ccc(C(C)C)cc1N(C)C. The van der Waals surface area contributed by atoms with E-state index >= 15 is 0 Å². The van der Waals surface area contributed by atoms with Gasteiger partial charge in [-0.1, -0.05) is 19.9 Å². The molecule has 94 valence electrons. The van der Waals surface area contributed by atoms with Crippen molar-refractivity contribution in [3.63, 3.8) is 0 Å². The monoisotopic (exact) mass is 236 g/mol. The fraction of sp³-hybridized carbons (Fsp3) is 0.462. The summed E-state index contributed by atoms with van der Waals surface area (Å²) in [7, 11) is 5.40. The molecule has 0 aliphatic rings. The van der Waals surface area contributed by atoms with Crippen molar-refractivity contribution >= 4 is 11.8 Å². The van der Waals surface area contributed by atoms with E-state index in [0.29, 0.717) is 11.7 Å². The van der Waals surface area contributed by atoms with Crippen molar-refractivity contribution in [1.82, 2.24) is 5.32 Å². The minimum Gasteiger partial charge on any atom is -0.408 e. The molecule has 4 nitrogen and oxygen atoms in total. The Hall–Kier alpha value is -1.71. The van der Waals surface area contributed by atoms with Gasteiger partial charge < -0.3 is 15.0 Å². The molecule has 0 unspecified atom stereocenters. The fourth-order valence-electron chi connectivity index (χ4n) is 1.48. The average Bonchev–Trinajstić information content (AvgIpc) is 2.28. The number of amides is 1. The van der Waals surface area contributed by atoms with Crippen LogP contribution in [0.25, 0.3) is 0 Å². The van der Waals surface area contributed by atoms with E-state index in [1.807, 2.05) is 37.2 Å². The molecule has 0 atom stereocenters. The third-order valence-electron chi connectivity index (χ3n) is 2.54. The number of carbonyl (C=O) groups is 1. The first-order valence-corrected chi connectivity index (χ1v) is 5.66. The summed E-state index contributed by atoms with van der Waals surface area (Å²) in [6.07, 6.45) is -0.453. The summed E-state index contributed by atoms with van der Waals surface area (Å²) in [4.78, 5) is 13.2. The van der Waals surface area contributed by atoms with Gasteiger partial charge in [-0.15, -0.1) is 0 Å². The summed E-state index contributed by atoms with van der Waals surface area (Å²) in [6.45, 7) is 4.27. The highest BCUT2D eigenvalue weighted by Gasteiger charge is 2.11. The summed E-state index contributed by atoms with van der Waals surface area (Å²) in [5.41, 5.74) is 2.12. The molecule has 0 saturated heterocycles. The zero-order valence-corrected chi connectivity index (χ0v) is 11.1. The predicted molar refractivity (Wildman–Crippen MR) is 69.9 cm³/mol. The van der Waals surface area contributed by atoms with Crippen molar-refractivity contribution in [2.24, 2.45) is 0 Å². The number of hydrogen-bond acceptors (Lipinski definition) is 3. The Labute approximate surface area is 103 Å². The Kier molecular flexibility index (Phi) is 4.37. The molecule has 0 aliphatic carbocycles. The number of carbonyl (C=O) groups excluding carboxylic acids is 1. The zero-order chi connectivity index (χ0) is 13.0. The van der Waals surface area contributed by atoms with Crippen molar-refractivity contribution < 1.29 is 9.53 Å². The fourth-order valence-corrected chi connectivity index (χ4v) is 1.48. The van der Waals surface area contributed by atoms with Gasteiger partial charge in [-0.25, -0.2) is 4.79 Å². The highest BCUT2D eigenvalue weighted by atomic mass is 16.6. The number of benzene rings is 1. The van der Waals surface area contributed by atoms with Crippen LogP contribution >= 0.6 is 0 Å². The predicted octanol–water partition coefficient (Wildman–Crippen LogP) is 2.59. The lowest BCUT2D eigenvalue weighted by Crippen LogP contribution is -2.23. The van der Waals surface area contributed by atoms with Crippen molar-refractivity contribution in [3.05, 3.63) is 23.8 Å². The number of ether oxygens (including phenoxy) is 1. The van der Waals surface area contributed by atoms with Gasteiger partial charge in [-0.3, -0.25) is 0 Å². The summed E-state index contributed by atoms with van der Waals surface area (Å²) < 4.78 is 5.20. The van der Waals surface area contributed by atoms with Gasteiger partial charge >= 0.3 is 6.09 Å². The van der Waals surface area contributed by atoms with E-state index in [0.717, 1.165) is 5.69 Å². The van der Waals surface area contributed by atoms with Crippen molar-refractivity contribution in [3.8, 4) is 5.75 Å². The van der Waals surface area contributed by atoms with Gasteiger partial charge in [0.15, 0.2) is 5.75 Å². The molecule has 0 radical (unpaired) electrons. The Bertz CT molecular complexity index is 400. The van der Waals surface area contributed by atoms with E-state index in [1.54, 1.807) is 7.05 Å². The zero-order valence-electron chi connectivity index (χ0n) is 11.1. The van der Waals surface area contributed by atoms with Crippen LogP contribution in [0.3, 0.4) is 0 Å². The summed E-state index contributed by atoms with van der Waals surface area (Å²) in [5, 5.41) is 2.44. The van der Waals surface area contributed by atoms with Crippen LogP contribution in [-0.4, -0.2) is 27.2 Å². The van der Waals surface area contributed by atoms with Crippen LogP contribution in [-0.2, 0) is 0 Å². The van der Waals surface area contributed by atoms with Crippen molar-refractivity contribution in [1.29, 1.82) is 0 Å². The van der Waals surface area contributed by atoms with E-state index in [1.165, 1.54) is 5.56 Å². The molecule has 1 amide bonds. The molecular weight excluding hydrogens is 216 g/mol. The summed E-state index contributed by atoms with van der Waals surface area (Å²) in [5.74, 6) is 1.02. The first-order chi connectivity index (χ1) is 7.95. The average molecular weight is 236 g/mol. The maximum atomic E-state index is 11.2.